The van der Waals surface area contributed by atoms with Crippen molar-refractivity contribution in [3.8, 4) is 0 Å². The highest BCUT2D eigenvalue weighted by atomic mass is 32.1. The van der Waals surface area contributed by atoms with Crippen molar-refractivity contribution in [1.82, 2.24) is 5.32 Å². The van der Waals surface area contributed by atoms with Crippen LogP contribution < -0.4 is 5.32 Å². The molecule has 0 aromatic carbocycles. The maximum absolute atomic E-state index is 12.0. The number of thiophene rings is 1. The quantitative estimate of drug-likeness (QED) is 0.667. The maximum atomic E-state index is 12.0. The van der Waals surface area contributed by atoms with Crippen LogP contribution in [0, 0.1) is 12.8 Å². The maximum Gasteiger partial charge on any atom is 0.389 e. The zero-order chi connectivity index (χ0) is 15.9. The number of aryl methyl sites for hydroxylation is 1. The molecule has 122 valence electrons. The highest BCUT2D eigenvalue weighted by Crippen LogP contribution is 2.23. The number of alkyl halides is 3. The van der Waals surface area contributed by atoms with Gasteiger partial charge in [-0.25, -0.2) is 0 Å². The third-order valence-electron chi connectivity index (χ3n) is 2.93. The van der Waals surface area contributed by atoms with Gasteiger partial charge in [0.2, 0.25) is 0 Å². The second-order valence-electron chi connectivity index (χ2n) is 5.59. The highest BCUT2D eigenvalue weighted by Gasteiger charge is 2.25. The Morgan fingerprint density at radius 3 is 2.67 bits per heavy atom. The first kappa shape index (κ1) is 18.5. The fourth-order valence-electron chi connectivity index (χ4n) is 1.86. The lowest BCUT2D eigenvalue weighted by atomic mass is 10.2. The summed E-state index contributed by atoms with van der Waals surface area (Å²) in [6, 6.07) is 2.08. The molecule has 21 heavy (non-hydrogen) atoms. The first-order chi connectivity index (χ1) is 9.78. The molecule has 0 radical (unpaired) electrons. The van der Waals surface area contributed by atoms with Gasteiger partial charge in [0, 0.05) is 29.3 Å². The van der Waals surface area contributed by atoms with E-state index in [1.165, 1.54) is 9.75 Å². The number of hydrogen-bond donors (Lipinski definition) is 1. The lowest BCUT2D eigenvalue weighted by molar-refractivity contribution is -0.138. The summed E-state index contributed by atoms with van der Waals surface area (Å²) >= 11 is 1.71. The van der Waals surface area contributed by atoms with Gasteiger partial charge < -0.3 is 10.1 Å². The zero-order valence-corrected chi connectivity index (χ0v) is 13.7. The first-order valence-corrected chi connectivity index (χ1v) is 8.03. The van der Waals surface area contributed by atoms with Crippen LogP contribution in [0.4, 0.5) is 13.2 Å². The van der Waals surface area contributed by atoms with Crippen molar-refractivity contribution >= 4 is 11.3 Å². The average Bonchev–Trinajstić information content (AvgIpc) is 2.68. The van der Waals surface area contributed by atoms with Crippen molar-refractivity contribution in [3.05, 3.63) is 21.4 Å². The van der Waals surface area contributed by atoms with Gasteiger partial charge in [-0.3, -0.25) is 0 Å². The minimum Gasteiger partial charge on any atom is -0.377 e. The second kappa shape index (κ2) is 8.76. The Kier molecular flexibility index (Phi) is 7.70. The van der Waals surface area contributed by atoms with E-state index in [-0.39, 0.29) is 13.0 Å². The molecule has 0 aliphatic heterocycles. The van der Waals surface area contributed by atoms with Crippen LogP contribution in [-0.4, -0.2) is 19.3 Å². The van der Waals surface area contributed by atoms with Crippen molar-refractivity contribution < 1.29 is 17.9 Å². The van der Waals surface area contributed by atoms with Gasteiger partial charge in [0.05, 0.1) is 6.61 Å². The molecule has 0 spiro atoms. The largest absolute Gasteiger partial charge is 0.389 e. The lowest BCUT2D eigenvalue weighted by Gasteiger charge is -2.06. The van der Waals surface area contributed by atoms with E-state index in [0.29, 0.717) is 12.5 Å². The van der Waals surface area contributed by atoms with Crippen LogP contribution in [-0.2, 0) is 17.9 Å². The Bertz CT molecular complexity index is 416. The van der Waals surface area contributed by atoms with Gasteiger partial charge in [-0.05, 0) is 37.4 Å². The number of halogens is 3. The molecular formula is C15H24F3NOS. The Morgan fingerprint density at radius 2 is 2.05 bits per heavy atom. The summed E-state index contributed by atoms with van der Waals surface area (Å²) in [5.74, 6) is 0.613. The molecule has 1 aromatic heterocycles. The molecule has 1 heterocycles. The van der Waals surface area contributed by atoms with E-state index in [1.54, 1.807) is 11.3 Å². The van der Waals surface area contributed by atoms with Crippen LogP contribution in [0.1, 0.15) is 42.0 Å². The Morgan fingerprint density at radius 1 is 1.33 bits per heavy atom. The summed E-state index contributed by atoms with van der Waals surface area (Å²) < 4.78 is 41.3. The monoisotopic (exact) mass is 323 g/mol. The van der Waals surface area contributed by atoms with Gasteiger partial charge in [-0.2, -0.15) is 13.2 Å². The summed E-state index contributed by atoms with van der Waals surface area (Å²) in [6.07, 6.45) is -4.84. The number of nitrogens with one attached hydrogen (secondary N) is 1. The summed E-state index contributed by atoms with van der Waals surface area (Å²) in [6.45, 7) is 8.68. The van der Waals surface area contributed by atoms with E-state index in [1.807, 2.05) is 6.92 Å². The molecular weight excluding hydrogens is 299 g/mol. The number of hydrogen-bond acceptors (Lipinski definition) is 3. The van der Waals surface area contributed by atoms with Crippen LogP contribution >= 0.6 is 11.3 Å². The molecule has 1 N–H and O–H groups in total. The molecule has 0 aliphatic rings. The van der Waals surface area contributed by atoms with Gasteiger partial charge in [-0.15, -0.1) is 11.3 Å². The van der Waals surface area contributed by atoms with E-state index < -0.39 is 12.6 Å². The van der Waals surface area contributed by atoms with Crippen molar-refractivity contribution in [2.75, 3.05) is 13.2 Å². The molecule has 2 nitrogen and oxygen atoms in total. The summed E-state index contributed by atoms with van der Waals surface area (Å²) in [5, 5.41) is 3.38. The third kappa shape index (κ3) is 8.44. The fourth-order valence-corrected chi connectivity index (χ4v) is 2.88. The van der Waals surface area contributed by atoms with Crippen molar-refractivity contribution in [1.29, 1.82) is 0 Å². The van der Waals surface area contributed by atoms with E-state index in [0.717, 1.165) is 18.7 Å². The topological polar surface area (TPSA) is 21.3 Å². The molecule has 0 fully saturated rings. The molecule has 1 rings (SSSR count). The van der Waals surface area contributed by atoms with Crippen LogP contribution in [0.2, 0.25) is 0 Å². The molecule has 0 amide bonds. The molecule has 0 atom stereocenters. The minimum atomic E-state index is -4.09. The first-order valence-electron chi connectivity index (χ1n) is 7.21. The normalized spacial score (nSPS) is 12.3. The molecule has 1 aromatic rings. The van der Waals surface area contributed by atoms with E-state index in [4.69, 9.17) is 4.74 Å². The smallest absolute Gasteiger partial charge is 0.377 e. The molecule has 0 saturated carbocycles. The third-order valence-corrected chi connectivity index (χ3v) is 4.02. The van der Waals surface area contributed by atoms with E-state index in [2.05, 4.69) is 25.2 Å². The Labute approximate surface area is 128 Å². The Balaban J connectivity index is 2.27. The molecule has 0 aliphatic carbocycles. The minimum absolute atomic E-state index is 0.0233. The fraction of sp³-hybridized carbons (Fsp3) is 0.733. The average molecular weight is 323 g/mol. The van der Waals surface area contributed by atoms with Crippen molar-refractivity contribution in [2.45, 2.75) is 52.9 Å². The summed E-state index contributed by atoms with van der Waals surface area (Å²) in [7, 11) is 0. The summed E-state index contributed by atoms with van der Waals surface area (Å²) in [5.41, 5.74) is 1.08. The van der Waals surface area contributed by atoms with Crippen molar-refractivity contribution in [3.63, 3.8) is 0 Å². The van der Waals surface area contributed by atoms with E-state index >= 15 is 0 Å². The lowest BCUT2D eigenvalue weighted by Crippen LogP contribution is -2.18. The molecule has 0 unspecified atom stereocenters. The highest BCUT2D eigenvalue weighted by molar-refractivity contribution is 7.12. The van der Waals surface area contributed by atoms with Crippen LogP contribution in [0.25, 0.3) is 0 Å². The van der Waals surface area contributed by atoms with Crippen LogP contribution in [0.5, 0.6) is 0 Å². The second-order valence-corrected chi connectivity index (χ2v) is 6.93. The standard InChI is InChI=1S/C15H24F3NOS/c1-11(2)8-19-9-14-7-13(12(3)21-14)10-20-6-4-5-15(16,17)18/h7,11,19H,4-6,8-10H2,1-3H3. The predicted molar refractivity (Wildman–Crippen MR) is 80.5 cm³/mol. The van der Waals surface area contributed by atoms with Gasteiger partial charge in [0.25, 0.3) is 0 Å². The molecule has 6 heteroatoms. The summed E-state index contributed by atoms with van der Waals surface area (Å²) in [4.78, 5) is 2.41. The predicted octanol–water partition coefficient (Wildman–Crippen LogP) is 4.66. The van der Waals surface area contributed by atoms with Crippen molar-refractivity contribution in [2.24, 2.45) is 5.92 Å². The van der Waals surface area contributed by atoms with Crippen LogP contribution in [0.15, 0.2) is 6.07 Å². The van der Waals surface area contributed by atoms with Gasteiger partial charge >= 0.3 is 6.18 Å². The van der Waals surface area contributed by atoms with E-state index in [9.17, 15) is 13.2 Å². The number of rotatable bonds is 9. The van der Waals surface area contributed by atoms with Gasteiger partial charge in [0.15, 0.2) is 0 Å². The van der Waals surface area contributed by atoms with Gasteiger partial charge in [0.1, 0.15) is 0 Å². The van der Waals surface area contributed by atoms with Crippen LogP contribution in [0.3, 0.4) is 0 Å². The Hall–Kier alpha value is -0.590. The number of ether oxygens (including phenoxy) is 1. The van der Waals surface area contributed by atoms with Gasteiger partial charge in [-0.1, -0.05) is 13.8 Å². The zero-order valence-electron chi connectivity index (χ0n) is 12.8. The molecule has 0 bridgehead atoms. The SMILES string of the molecule is Cc1sc(CNCC(C)C)cc1COCCCC(F)(F)F. The molecule has 0 saturated heterocycles.